The van der Waals surface area contributed by atoms with Crippen molar-refractivity contribution >= 4 is 36.0 Å². The normalized spacial score (nSPS) is 23.0. The summed E-state index contributed by atoms with van der Waals surface area (Å²) in [4.78, 5) is 48.8. The number of carbonyl (C=O) groups is 4. The van der Waals surface area contributed by atoms with E-state index in [1.54, 1.807) is 14.2 Å². The Labute approximate surface area is 272 Å². The topological polar surface area (TPSA) is 158 Å². The highest BCUT2D eigenvalue weighted by Gasteiger charge is 2.52. The molecule has 14 nitrogen and oxygen atoms in total. The molecule has 15 heteroatoms. The second kappa shape index (κ2) is 15.5. The van der Waals surface area contributed by atoms with E-state index in [-0.39, 0.29) is 12.6 Å². The van der Waals surface area contributed by atoms with Gasteiger partial charge in [0, 0.05) is 40.2 Å². The van der Waals surface area contributed by atoms with E-state index in [0.717, 1.165) is 31.2 Å². The number of hydrogen-bond acceptors (Lipinski definition) is 12. The summed E-state index contributed by atoms with van der Waals surface area (Å²) in [7, 11) is 3.17. The molecule has 2 fully saturated rings. The van der Waals surface area contributed by atoms with E-state index in [1.165, 1.54) is 32.4 Å². The molecule has 1 saturated carbocycles. The molecule has 4 rings (SSSR count). The van der Waals surface area contributed by atoms with E-state index < -0.39 is 54.4 Å². The van der Waals surface area contributed by atoms with Gasteiger partial charge in [-0.05, 0) is 49.2 Å². The standard InChI is InChI=1S/C31H42N4O10S/c1-17(36)32-27-29(44-20(4)39)28(43-19(3)38)25(16-42-18(2)37)45-30(27)35-31(46)34(22-9-7-8-10-22)26(33-35)14-12-21-11-13-23(40-5)24(15-21)41-6/h11,13,15,22,25,27-30H,7-10,12,14,16H2,1-6H3,(H,32,36)/t25-,27-,28-,29-,30-/m1/s1. The van der Waals surface area contributed by atoms with Gasteiger partial charge < -0.3 is 38.3 Å². The van der Waals surface area contributed by atoms with Crippen LogP contribution in [-0.2, 0) is 51.0 Å². The average Bonchev–Trinajstić information content (AvgIpc) is 3.63. The molecule has 46 heavy (non-hydrogen) atoms. The van der Waals surface area contributed by atoms with Crippen LogP contribution in [0.2, 0.25) is 0 Å². The van der Waals surface area contributed by atoms with E-state index in [4.69, 9.17) is 45.7 Å². The Morgan fingerprint density at radius 2 is 1.59 bits per heavy atom. The number of methoxy groups -OCH3 is 2. The fraction of sp³-hybridized carbons (Fsp3) is 0.613. The number of carbonyl (C=O) groups excluding carboxylic acids is 4. The Morgan fingerprint density at radius 1 is 0.935 bits per heavy atom. The average molecular weight is 663 g/mol. The monoisotopic (exact) mass is 662 g/mol. The molecule has 1 aliphatic heterocycles. The largest absolute Gasteiger partial charge is 0.493 e. The number of amides is 1. The summed E-state index contributed by atoms with van der Waals surface area (Å²) in [6.45, 7) is 4.61. The predicted molar refractivity (Wildman–Crippen MR) is 165 cm³/mol. The fourth-order valence-electron chi connectivity index (χ4n) is 6.11. The third-order valence-corrected chi connectivity index (χ3v) is 8.39. The lowest BCUT2D eigenvalue weighted by Gasteiger charge is -2.45. The molecule has 1 aromatic carbocycles. The highest BCUT2D eigenvalue weighted by Crippen LogP contribution is 2.36. The van der Waals surface area contributed by atoms with Crippen molar-refractivity contribution in [3.8, 4) is 11.5 Å². The first kappa shape index (κ1) is 34.9. The van der Waals surface area contributed by atoms with Crippen LogP contribution in [0.25, 0.3) is 0 Å². The lowest BCUT2D eigenvalue weighted by Crippen LogP contribution is -2.64. The third-order valence-electron chi connectivity index (χ3n) is 8.01. The molecule has 1 amide bonds. The van der Waals surface area contributed by atoms with Crippen molar-refractivity contribution in [1.29, 1.82) is 0 Å². The van der Waals surface area contributed by atoms with Crippen molar-refractivity contribution in [2.75, 3.05) is 20.8 Å². The molecule has 0 spiro atoms. The Bertz CT molecular complexity index is 1480. The van der Waals surface area contributed by atoms with Crippen LogP contribution < -0.4 is 14.8 Å². The molecule has 1 aromatic heterocycles. The number of hydrogen-bond donors (Lipinski definition) is 1. The van der Waals surface area contributed by atoms with Crippen molar-refractivity contribution < 1.29 is 47.6 Å². The van der Waals surface area contributed by atoms with Gasteiger partial charge in [-0.2, -0.15) is 5.10 Å². The summed E-state index contributed by atoms with van der Waals surface area (Å²) < 4.78 is 37.6. The highest BCUT2D eigenvalue weighted by molar-refractivity contribution is 7.71. The molecule has 0 unspecified atom stereocenters. The Kier molecular flexibility index (Phi) is 11.8. The van der Waals surface area contributed by atoms with Gasteiger partial charge in [0.05, 0.1) is 14.2 Å². The SMILES string of the molecule is COc1ccc(CCc2nn([C@@H]3O[C@H](COC(C)=O)[C@@H](OC(C)=O)[C@H](OC(C)=O)[C@H]3NC(C)=O)c(=S)n2C2CCCC2)cc1OC. The lowest BCUT2D eigenvalue weighted by molar-refractivity contribution is -0.239. The predicted octanol–water partition coefficient (Wildman–Crippen LogP) is 3.16. The summed E-state index contributed by atoms with van der Waals surface area (Å²) >= 11 is 6.03. The first-order valence-corrected chi connectivity index (χ1v) is 15.7. The number of nitrogens with zero attached hydrogens (tertiary/aromatic N) is 3. The maximum atomic E-state index is 12.5. The summed E-state index contributed by atoms with van der Waals surface area (Å²) in [5.74, 6) is -0.455. The van der Waals surface area contributed by atoms with Crippen LogP contribution >= 0.6 is 12.2 Å². The van der Waals surface area contributed by atoms with Gasteiger partial charge in [-0.25, -0.2) is 4.68 Å². The number of rotatable bonds is 12. The number of aromatic nitrogens is 3. The Hall–Kier alpha value is -3.98. The van der Waals surface area contributed by atoms with E-state index in [1.807, 2.05) is 22.8 Å². The van der Waals surface area contributed by atoms with Gasteiger partial charge in [-0.3, -0.25) is 19.2 Å². The van der Waals surface area contributed by atoms with Crippen molar-refractivity contribution in [2.45, 2.75) is 103 Å². The molecule has 0 radical (unpaired) electrons. The van der Waals surface area contributed by atoms with Gasteiger partial charge in [0.15, 0.2) is 29.9 Å². The van der Waals surface area contributed by atoms with Crippen LogP contribution in [0.1, 0.15) is 77.0 Å². The van der Waals surface area contributed by atoms with E-state index in [2.05, 4.69) is 5.32 Å². The summed E-state index contributed by atoms with van der Waals surface area (Å²) in [6, 6.07) is 4.76. The van der Waals surface area contributed by atoms with Gasteiger partial charge in [0.2, 0.25) is 10.7 Å². The zero-order valence-electron chi connectivity index (χ0n) is 27.0. The van der Waals surface area contributed by atoms with Gasteiger partial charge >= 0.3 is 17.9 Å². The van der Waals surface area contributed by atoms with Gasteiger partial charge in [-0.15, -0.1) is 0 Å². The molecule has 5 atom stereocenters. The van der Waals surface area contributed by atoms with E-state index in [9.17, 15) is 19.2 Å². The molecule has 1 saturated heterocycles. The van der Waals surface area contributed by atoms with Crippen LogP contribution in [0.15, 0.2) is 18.2 Å². The second-order valence-electron chi connectivity index (χ2n) is 11.4. The molecule has 0 bridgehead atoms. The lowest BCUT2D eigenvalue weighted by atomic mass is 9.95. The van der Waals surface area contributed by atoms with Gasteiger partial charge in [0.1, 0.15) is 24.6 Å². The van der Waals surface area contributed by atoms with E-state index >= 15 is 0 Å². The molecule has 2 aliphatic rings. The minimum Gasteiger partial charge on any atom is -0.493 e. The fourth-order valence-corrected chi connectivity index (χ4v) is 6.51. The minimum absolute atomic E-state index is 0.111. The third kappa shape index (κ3) is 8.23. The molecule has 252 valence electrons. The van der Waals surface area contributed by atoms with Crippen LogP contribution in [-0.4, -0.2) is 83.3 Å². The van der Waals surface area contributed by atoms with Crippen LogP contribution in [0.5, 0.6) is 11.5 Å². The maximum absolute atomic E-state index is 12.5. The number of benzene rings is 1. The highest BCUT2D eigenvalue weighted by atomic mass is 32.1. The molecular formula is C31H42N4O10S. The number of nitrogens with one attached hydrogen (secondary N) is 1. The molecule has 1 aliphatic carbocycles. The first-order valence-electron chi connectivity index (χ1n) is 15.2. The molecule has 2 aromatic rings. The quantitative estimate of drug-likeness (QED) is 0.201. The second-order valence-corrected chi connectivity index (χ2v) is 11.7. The Balaban J connectivity index is 1.79. The van der Waals surface area contributed by atoms with Gasteiger partial charge in [-0.1, -0.05) is 18.9 Å². The summed E-state index contributed by atoms with van der Waals surface area (Å²) in [6.07, 6.45) is 0.418. The zero-order chi connectivity index (χ0) is 33.5. The van der Waals surface area contributed by atoms with Crippen LogP contribution in [0, 0.1) is 4.77 Å². The molecular weight excluding hydrogens is 620 g/mol. The summed E-state index contributed by atoms with van der Waals surface area (Å²) in [5, 5.41) is 7.74. The van der Waals surface area contributed by atoms with Crippen LogP contribution in [0.3, 0.4) is 0 Å². The van der Waals surface area contributed by atoms with Crippen LogP contribution in [0.4, 0.5) is 0 Å². The van der Waals surface area contributed by atoms with Gasteiger partial charge in [0.25, 0.3) is 0 Å². The number of esters is 3. The van der Waals surface area contributed by atoms with Crippen molar-refractivity contribution in [3.05, 3.63) is 34.4 Å². The summed E-state index contributed by atoms with van der Waals surface area (Å²) in [5.41, 5.74) is 1.00. The minimum atomic E-state index is -1.22. The Morgan fingerprint density at radius 3 is 2.17 bits per heavy atom. The van der Waals surface area contributed by atoms with Crippen molar-refractivity contribution in [3.63, 3.8) is 0 Å². The smallest absolute Gasteiger partial charge is 0.303 e. The zero-order valence-corrected chi connectivity index (χ0v) is 27.8. The van der Waals surface area contributed by atoms with E-state index in [0.29, 0.717) is 34.9 Å². The molecule has 2 heterocycles. The maximum Gasteiger partial charge on any atom is 0.303 e. The number of ether oxygens (including phenoxy) is 6. The molecule has 1 N–H and O–H groups in total. The van der Waals surface area contributed by atoms with Crippen molar-refractivity contribution in [2.24, 2.45) is 0 Å². The first-order chi connectivity index (χ1) is 21.9. The number of aryl methyl sites for hydroxylation is 2. The van der Waals surface area contributed by atoms with Crippen molar-refractivity contribution in [1.82, 2.24) is 19.7 Å².